The van der Waals surface area contributed by atoms with E-state index in [1.54, 1.807) is 30.6 Å². The first kappa shape index (κ1) is 15.7. The van der Waals surface area contributed by atoms with Crippen LogP contribution in [0.25, 0.3) is 11.3 Å². The molecule has 0 spiro atoms. The van der Waals surface area contributed by atoms with Crippen LogP contribution in [0.4, 0.5) is 11.5 Å². The van der Waals surface area contributed by atoms with Gasteiger partial charge in [-0.1, -0.05) is 5.16 Å². The number of anilines is 2. The van der Waals surface area contributed by atoms with Crippen LogP contribution in [0.5, 0.6) is 0 Å². The SMILES string of the molecule is Cc1ccc(NC(=O)c2cc(-c3ccncc3)on2)c(N(C)C)n1. The smallest absolute Gasteiger partial charge is 0.277 e. The highest BCUT2D eigenvalue weighted by molar-refractivity contribution is 6.04. The number of carbonyl (C=O) groups is 1. The van der Waals surface area contributed by atoms with Crippen LogP contribution in [0.2, 0.25) is 0 Å². The first-order valence-electron chi connectivity index (χ1n) is 7.38. The second-order valence-corrected chi connectivity index (χ2v) is 5.48. The van der Waals surface area contributed by atoms with E-state index in [0.717, 1.165) is 11.3 Å². The summed E-state index contributed by atoms with van der Waals surface area (Å²) in [5.41, 5.74) is 2.50. The summed E-state index contributed by atoms with van der Waals surface area (Å²) in [6, 6.07) is 8.83. The number of rotatable bonds is 4. The molecule has 0 saturated carbocycles. The van der Waals surface area contributed by atoms with Gasteiger partial charge in [-0.25, -0.2) is 4.98 Å². The number of aryl methyl sites for hydroxylation is 1. The van der Waals surface area contributed by atoms with Gasteiger partial charge in [-0.2, -0.15) is 0 Å². The molecule has 3 heterocycles. The van der Waals surface area contributed by atoms with Crippen LogP contribution in [-0.4, -0.2) is 35.1 Å². The minimum absolute atomic E-state index is 0.201. The van der Waals surface area contributed by atoms with E-state index < -0.39 is 0 Å². The van der Waals surface area contributed by atoms with E-state index in [-0.39, 0.29) is 11.6 Å². The number of hydrogen-bond donors (Lipinski definition) is 1. The van der Waals surface area contributed by atoms with Gasteiger partial charge in [-0.3, -0.25) is 9.78 Å². The van der Waals surface area contributed by atoms with Crippen LogP contribution in [-0.2, 0) is 0 Å². The van der Waals surface area contributed by atoms with Crippen LogP contribution >= 0.6 is 0 Å². The molecule has 24 heavy (non-hydrogen) atoms. The normalized spacial score (nSPS) is 10.5. The maximum absolute atomic E-state index is 12.4. The molecule has 7 heteroatoms. The molecular weight excluding hydrogens is 306 g/mol. The van der Waals surface area contributed by atoms with E-state index >= 15 is 0 Å². The lowest BCUT2D eigenvalue weighted by molar-refractivity contribution is 0.101. The zero-order chi connectivity index (χ0) is 17.1. The Morgan fingerprint density at radius 2 is 1.92 bits per heavy atom. The third kappa shape index (κ3) is 3.24. The van der Waals surface area contributed by atoms with Crippen molar-refractivity contribution in [2.75, 3.05) is 24.3 Å². The number of hydrogen-bond acceptors (Lipinski definition) is 6. The van der Waals surface area contributed by atoms with Gasteiger partial charge in [-0.05, 0) is 31.2 Å². The molecule has 0 saturated heterocycles. The Hall–Kier alpha value is -3.22. The number of carbonyl (C=O) groups excluding carboxylic acids is 1. The predicted octanol–water partition coefficient (Wildman–Crippen LogP) is 2.76. The summed E-state index contributed by atoms with van der Waals surface area (Å²) in [6.07, 6.45) is 3.30. The Balaban J connectivity index is 1.83. The summed E-state index contributed by atoms with van der Waals surface area (Å²) in [5, 5.41) is 6.66. The van der Waals surface area contributed by atoms with E-state index in [2.05, 4.69) is 20.4 Å². The quantitative estimate of drug-likeness (QED) is 0.795. The molecular formula is C17H17N5O2. The van der Waals surface area contributed by atoms with Crippen LogP contribution < -0.4 is 10.2 Å². The Bertz CT molecular complexity index is 858. The number of nitrogens with zero attached hydrogens (tertiary/aromatic N) is 4. The summed E-state index contributed by atoms with van der Waals surface area (Å²) in [6.45, 7) is 1.90. The van der Waals surface area contributed by atoms with Crippen molar-refractivity contribution < 1.29 is 9.32 Å². The molecule has 0 bridgehead atoms. The van der Waals surface area contributed by atoms with E-state index in [1.165, 1.54) is 0 Å². The number of aromatic nitrogens is 3. The van der Waals surface area contributed by atoms with Crippen LogP contribution in [0.3, 0.4) is 0 Å². The molecule has 0 aliphatic rings. The Kier molecular flexibility index (Phi) is 4.24. The van der Waals surface area contributed by atoms with Gasteiger partial charge in [0.15, 0.2) is 17.3 Å². The van der Waals surface area contributed by atoms with Crippen molar-refractivity contribution in [3.05, 3.63) is 54.1 Å². The molecule has 122 valence electrons. The van der Waals surface area contributed by atoms with Crippen molar-refractivity contribution >= 4 is 17.4 Å². The fraction of sp³-hybridized carbons (Fsp3) is 0.176. The fourth-order valence-corrected chi connectivity index (χ4v) is 2.20. The van der Waals surface area contributed by atoms with Crippen molar-refractivity contribution in [1.29, 1.82) is 0 Å². The lowest BCUT2D eigenvalue weighted by atomic mass is 10.2. The zero-order valence-electron chi connectivity index (χ0n) is 13.6. The molecule has 0 aromatic carbocycles. The molecule has 0 fully saturated rings. The number of pyridine rings is 2. The molecule has 0 unspecified atom stereocenters. The molecule has 3 aromatic heterocycles. The average molecular weight is 323 g/mol. The Morgan fingerprint density at radius 1 is 1.17 bits per heavy atom. The van der Waals surface area contributed by atoms with Crippen LogP contribution in [0.15, 0.2) is 47.2 Å². The predicted molar refractivity (Wildman–Crippen MR) is 91.0 cm³/mol. The number of nitrogens with one attached hydrogen (secondary N) is 1. The number of amides is 1. The highest BCUT2D eigenvalue weighted by atomic mass is 16.5. The molecule has 1 amide bonds. The van der Waals surface area contributed by atoms with Gasteiger partial charge in [0, 0.05) is 43.8 Å². The summed E-state index contributed by atoms with van der Waals surface area (Å²) in [4.78, 5) is 22.6. The molecule has 1 N–H and O–H groups in total. The monoisotopic (exact) mass is 323 g/mol. The first-order valence-corrected chi connectivity index (χ1v) is 7.38. The maximum atomic E-state index is 12.4. The molecule has 0 aliphatic heterocycles. The second-order valence-electron chi connectivity index (χ2n) is 5.48. The largest absolute Gasteiger partial charge is 0.361 e. The minimum Gasteiger partial charge on any atom is -0.361 e. The van der Waals surface area contributed by atoms with Gasteiger partial charge in [0.25, 0.3) is 5.91 Å². The van der Waals surface area contributed by atoms with Gasteiger partial charge in [0.1, 0.15) is 0 Å². The zero-order valence-corrected chi connectivity index (χ0v) is 13.6. The van der Waals surface area contributed by atoms with Gasteiger partial charge in [0.2, 0.25) is 0 Å². The lowest BCUT2D eigenvalue weighted by Crippen LogP contribution is -2.18. The lowest BCUT2D eigenvalue weighted by Gasteiger charge is -2.16. The fourth-order valence-electron chi connectivity index (χ4n) is 2.20. The van der Waals surface area contributed by atoms with Gasteiger partial charge >= 0.3 is 0 Å². The topological polar surface area (TPSA) is 84.2 Å². The third-order valence-electron chi connectivity index (χ3n) is 3.39. The molecule has 3 rings (SSSR count). The van der Waals surface area contributed by atoms with E-state index in [0.29, 0.717) is 17.3 Å². The summed E-state index contributed by atoms with van der Waals surface area (Å²) in [7, 11) is 3.74. The highest BCUT2D eigenvalue weighted by Gasteiger charge is 2.16. The van der Waals surface area contributed by atoms with Crippen molar-refractivity contribution in [2.45, 2.75) is 6.92 Å². The van der Waals surface area contributed by atoms with Crippen molar-refractivity contribution in [1.82, 2.24) is 15.1 Å². The van der Waals surface area contributed by atoms with Gasteiger partial charge in [-0.15, -0.1) is 0 Å². The average Bonchev–Trinajstić information content (AvgIpc) is 3.07. The van der Waals surface area contributed by atoms with E-state index in [9.17, 15) is 4.79 Å². The summed E-state index contributed by atoms with van der Waals surface area (Å²) in [5.74, 6) is 0.839. The maximum Gasteiger partial charge on any atom is 0.277 e. The second kappa shape index (κ2) is 6.49. The first-order chi connectivity index (χ1) is 11.5. The Labute approximate surface area is 139 Å². The van der Waals surface area contributed by atoms with Gasteiger partial charge < -0.3 is 14.7 Å². The van der Waals surface area contributed by atoms with Crippen molar-refractivity contribution in [3.8, 4) is 11.3 Å². The highest BCUT2D eigenvalue weighted by Crippen LogP contribution is 2.24. The molecule has 7 nitrogen and oxygen atoms in total. The van der Waals surface area contributed by atoms with Crippen molar-refractivity contribution in [3.63, 3.8) is 0 Å². The third-order valence-corrected chi connectivity index (χ3v) is 3.39. The standard InChI is InChI=1S/C17H17N5O2/c1-11-4-5-13(16(19-11)22(2)3)20-17(23)14-10-15(24-21-14)12-6-8-18-9-7-12/h4-10H,1-3H3,(H,20,23). The summed E-state index contributed by atoms with van der Waals surface area (Å²) < 4.78 is 5.24. The Morgan fingerprint density at radius 3 is 2.62 bits per heavy atom. The molecule has 0 aliphatic carbocycles. The van der Waals surface area contributed by atoms with E-state index in [1.807, 2.05) is 38.1 Å². The minimum atomic E-state index is -0.354. The molecule has 3 aromatic rings. The van der Waals surface area contributed by atoms with Crippen molar-refractivity contribution in [2.24, 2.45) is 0 Å². The van der Waals surface area contributed by atoms with Gasteiger partial charge in [0.05, 0.1) is 5.69 Å². The summed E-state index contributed by atoms with van der Waals surface area (Å²) >= 11 is 0. The van der Waals surface area contributed by atoms with Crippen LogP contribution in [0, 0.1) is 6.92 Å². The molecule has 0 radical (unpaired) electrons. The van der Waals surface area contributed by atoms with E-state index in [4.69, 9.17) is 4.52 Å². The molecule has 0 atom stereocenters. The van der Waals surface area contributed by atoms with Crippen LogP contribution in [0.1, 0.15) is 16.2 Å².